The second kappa shape index (κ2) is 8.42. The molecule has 0 saturated carbocycles. The van der Waals surface area contributed by atoms with Gasteiger partial charge in [-0.2, -0.15) is 0 Å². The lowest BCUT2D eigenvalue weighted by Crippen LogP contribution is -2.44. The van der Waals surface area contributed by atoms with Gasteiger partial charge in [0.25, 0.3) is 0 Å². The van der Waals surface area contributed by atoms with E-state index in [1.807, 2.05) is 44.2 Å². The molecule has 7 heteroatoms. The Balaban J connectivity index is 1.39. The van der Waals surface area contributed by atoms with Gasteiger partial charge in [0.1, 0.15) is 6.61 Å². The summed E-state index contributed by atoms with van der Waals surface area (Å²) >= 11 is 0. The molecule has 0 radical (unpaired) electrons. The molecule has 1 aliphatic heterocycles. The quantitative estimate of drug-likeness (QED) is 0.830. The molecular formula is C19H23N3O4. The van der Waals surface area contributed by atoms with E-state index in [1.165, 1.54) is 0 Å². The Kier molecular flexibility index (Phi) is 5.78. The number of urea groups is 1. The molecular weight excluding hydrogens is 334 g/mol. The second-order valence-electron chi connectivity index (χ2n) is 6.23. The van der Waals surface area contributed by atoms with Gasteiger partial charge in [0.2, 0.25) is 5.88 Å². The van der Waals surface area contributed by atoms with Gasteiger partial charge in [-0.1, -0.05) is 18.2 Å². The lowest BCUT2D eigenvalue weighted by Gasteiger charge is -2.26. The molecule has 1 aromatic heterocycles. The van der Waals surface area contributed by atoms with Crippen LogP contribution in [0.3, 0.4) is 0 Å². The number of hydrogen-bond acceptors (Lipinski definition) is 5. The molecule has 3 rings (SSSR count). The largest absolute Gasteiger partial charge is 0.486 e. The van der Waals surface area contributed by atoms with Crippen molar-refractivity contribution in [1.29, 1.82) is 0 Å². The number of benzene rings is 1. The van der Waals surface area contributed by atoms with Crippen LogP contribution in [0.1, 0.15) is 19.4 Å². The summed E-state index contributed by atoms with van der Waals surface area (Å²) in [5.74, 6) is 1.99. The molecule has 0 bridgehead atoms. The number of carbonyl (C=O) groups excluding carboxylic acids is 1. The fourth-order valence-corrected chi connectivity index (χ4v) is 2.44. The van der Waals surface area contributed by atoms with Crippen LogP contribution in [0.4, 0.5) is 4.79 Å². The van der Waals surface area contributed by atoms with Crippen LogP contribution in [0.5, 0.6) is 17.4 Å². The van der Waals surface area contributed by atoms with Crippen LogP contribution >= 0.6 is 0 Å². The molecule has 1 aliphatic rings. The third kappa shape index (κ3) is 5.02. The van der Waals surface area contributed by atoms with Crippen molar-refractivity contribution >= 4 is 6.03 Å². The molecule has 26 heavy (non-hydrogen) atoms. The summed E-state index contributed by atoms with van der Waals surface area (Å²) < 4.78 is 16.9. The summed E-state index contributed by atoms with van der Waals surface area (Å²) in [6, 6.07) is 10.9. The molecule has 2 heterocycles. The molecule has 0 aliphatic carbocycles. The van der Waals surface area contributed by atoms with Gasteiger partial charge in [-0.3, -0.25) is 0 Å². The van der Waals surface area contributed by atoms with Crippen molar-refractivity contribution in [3.05, 3.63) is 48.2 Å². The maximum atomic E-state index is 12.0. The molecule has 138 valence electrons. The SMILES string of the molecule is CC(C)Oc1ccc(CNC(=O)NCC2COc3ccccc3O2)cn1. The summed E-state index contributed by atoms with van der Waals surface area (Å²) in [7, 11) is 0. The van der Waals surface area contributed by atoms with Gasteiger partial charge in [0, 0.05) is 18.8 Å². The monoisotopic (exact) mass is 357 g/mol. The van der Waals surface area contributed by atoms with Crippen LogP contribution in [0.2, 0.25) is 0 Å². The van der Waals surface area contributed by atoms with E-state index in [2.05, 4.69) is 15.6 Å². The highest BCUT2D eigenvalue weighted by molar-refractivity contribution is 5.73. The van der Waals surface area contributed by atoms with E-state index in [4.69, 9.17) is 14.2 Å². The van der Waals surface area contributed by atoms with Crippen LogP contribution in [0.25, 0.3) is 0 Å². The molecule has 2 amide bonds. The van der Waals surface area contributed by atoms with Gasteiger partial charge >= 0.3 is 6.03 Å². The van der Waals surface area contributed by atoms with Crippen LogP contribution in [0, 0.1) is 0 Å². The summed E-state index contributed by atoms with van der Waals surface area (Å²) in [6.07, 6.45) is 1.55. The van der Waals surface area contributed by atoms with Crippen LogP contribution in [0.15, 0.2) is 42.6 Å². The van der Waals surface area contributed by atoms with E-state index in [0.29, 0.717) is 31.3 Å². The average Bonchev–Trinajstić information content (AvgIpc) is 2.65. The second-order valence-corrected chi connectivity index (χ2v) is 6.23. The first-order valence-electron chi connectivity index (χ1n) is 8.62. The number of amides is 2. The number of ether oxygens (including phenoxy) is 3. The van der Waals surface area contributed by atoms with Crippen molar-refractivity contribution in [2.24, 2.45) is 0 Å². The molecule has 7 nitrogen and oxygen atoms in total. The highest BCUT2D eigenvalue weighted by Gasteiger charge is 2.20. The van der Waals surface area contributed by atoms with E-state index < -0.39 is 0 Å². The highest BCUT2D eigenvalue weighted by atomic mass is 16.6. The van der Waals surface area contributed by atoms with E-state index in [9.17, 15) is 4.79 Å². The van der Waals surface area contributed by atoms with Crippen molar-refractivity contribution in [3.8, 4) is 17.4 Å². The zero-order chi connectivity index (χ0) is 18.4. The number of hydrogen-bond donors (Lipinski definition) is 2. The predicted octanol–water partition coefficient (Wildman–Crippen LogP) is 2.51. The van der Waals surface area contributed by atoms with Gasteiger partial charge < -0.3 is 24.8 Å². The van der Waals surface area contributed by atoms with Crippen molar-refractivity contribution in [1.82, 2.24) is 15.6 Å². The molecule has 0 fully saturated rings. The molecule has 2 N–H and O–H groups in total. The molecule has 0 spiro atoms. The minimum atomic E-state index is -0.269. The van der Waals surface area contributed by atoms with Crippen LogP contribution < -0.4 is 24.8 Å². The van der Waals surface area contributed by atoms with Crippen molar-refractivity contribution in [3.63, 3.8) is 0 Å². The Morgan fingerprint density at radius 1 is 1.23 bits per heavy atom. The Morgan fingerprint density at radius 3 is 2.77 bits per heavy atom. The van der Waals surface area contributed by atoms with Gasteiger partial charge in [-0.05, 0) is 31.5 Å². The smallest absolute Gasteiger partial charge is 0.315 e. The number of rotatable bonds is 6. The van der Waals surface area contributed by atoms with Crippen molar-refractivity contribution < 1.29 is 19.0 Å². The molecule has 1 aromatic carbocycles. The number of fused-ring (bicyclic) bond motifs is 1. The number of nitrogens with zero attached hydrogens (tertiary/aromatic N) is 1. The summed E-state index contributed by atoms with van der Waals surface area (Å²) in [4.78, 5) is 16.2. The molecule has 1 atom stereocenters. The maximum absolute atomic E-state index is 12.0. The predicted molar refractivity (Wildman–Crippen MR) is 96.6 cm³/mol. The maximum Gasteiger partial charge on any atom is 0.315 e. The Morgan fingerprint density at radius 2 is 2.04 bits per heavy atom. The van der Waals surface area contributed by atoms with Crippen LogP contribution in [-0.2, 0) is 6.54 Å². The van der Waals surface area contributed by atoms with Crippen molar-refractivity contribution in [2.45, 2.75) is 32.6 Å². The first-order valence-corrected chi connectivity index (χ1v) is 8.62. The van der Waals surface area contributed by atoms with E-state index in [1.54, 1.807) is 12.3 Å². The summed E-state index contributed by atoms with van der Waals surface area (Å²) in [5.41, 5.74) is 0.891. The number of pyridine rings is 1. The standard InChI is InChI=1S/C19H23N3O4/c1-13(2)25-18-8-7-14(9-20-18)10-21-19(23)22-11-15-12-24-16-5-3-4-6-17(16)26-15/h3-9,13,15H,10-12H2,1-2H3,(H2,21,22,23). The van der Waals surface area contributed by atoms with Crippen molar-refractivity contribution in [2.75, 3.05) is 13.2 Å². The van der Waals surface area contributed by atoms with E-state index in [0.717, 1.165) is 11.3 Å². The zero-order valence-corrected chi connectivity index (χ0v) is 14.9. The van der Waals surface area contributed by atoms with Gasteiger partial charge in [0.05, 0.1) is 12.6 Å². The Labute approximate surface area is 152 Å². The Hall–Kier alpha value is -2.96. The third-order valence-corrected chi connectivity index (χ3v) is 3.66. The first-order chi connectivity index (χ1) is 12.6. The topological polar surface area (TPSA) is 81.7 Å². The Bertz CT molecular complexity index is 734. The van der Waals surface area contributed by atoms with Crippen LogP contribution in [-0.4, -0.2) is 36.4 Å². The highest BCUT2D eigenvalue weighted by Crippen LogP contribution is 2.30. The average molecular weight is 357 g/mol. The number of carbonyl (C=O) groups is 1. The fourth-order valence-electron chi connectivity index (χ4n) is 2.44. The van der Waals surface area contributed by atoms with Gasteiger partial charge in [-0.25, -0.2) is 9.78 Å². The number of aromatic nitrogens is 1. The van der Waals surface area contributed by atoms with Gasteiger partial charge in [-0.15, -0.1) is 0 Å². The molecule has 2 aromatic rings. The first kappa shape index (κ1) is 17.8. The molecule has 1 unspecified atom stereocenters. The number of nitrogens with one attached hydrogen (secondary N) is 2. The van der Waals surface area contributed by atoms with E-state index in [-0.39, 0.29) is 18.2 Å². The minimum absolute atomic E-state index is 0.0789. The van der Waals surface area contributed by atoms with E-state index >= 15 is 0 Å². The summed E-state index contributed by atoms with van der Waals surface area (Å²) in [5, 5.41) is 5.58. The molecule has 0 saturated heterocycles. The lowest BCUT2D eigenvalue weighted by molar-refractivity contribution is 0.0918. The third-order valence-electron chi connectivity index (χ3n) is 3.66. The number of para-hydroxylation sites is 2. The fraction of sp³-hybridized carbons (Fsp3) is 0.368. The normalized spacial score (nSPS) is 15.4. The lowest BCUT2D eigenvalue weighted by atomic mass is 10.2. The zero-order valence-electron chi connectivity index (χ0n) is 14.9. The minimum Gasteiger partial charge on any atom is -0.486 e. The summed E-state index contributed by atoms with van der Waals surface area (Å²) in [6.45, 7) is 5.03. The van der Waals surface area contributed by atoms with Gasteiger partial charge in [0.15, 0.2) is 17.6 Å².